The molecule has 0 bridgehead atoms. The molecule has 2 aromatic rings. The van der Waals surface area contributed by atoms with E-state index in [0.29, 0.717) is 5.82 Å². The van der Waals surface area contributed by atoms with E-state index in [4.69, 9.17) is 11.6 Å². The fourth-order valence-corrected chi connectivity index (χ4v) is 3.29. The summed E-state index contributed by atoms with van der Waals surface area (Å²) >= 11 is 6.00. The summed E-state index contributed by atoms with van der Waals surface area (Å²) in [5.41, 5.74) is 0.846. The van der Waals surface area contributed by atoms with E-state index in [1.54, 1.807) is 0 Å². The third-order valence-electron chi connectivity index (χ3n) is 4.38. The van der Waals surface area contributed by atoms with Crippen LogP contribution in [-0.2, 0) is 6.54 Å². The number of piperidine rings is 1. The molecule has 1 aliphatic rings. The molecule has 0 spiro atoms. The Morgan fingerprint density at radius 2 is 2.00 bits per heavy atom. The number of hydrogen-bond acceptors (Lipinski definition) is 6. The van der Waals surface area contributed by atoms with E-state index in [-0.39, 0.29) is 22.8 Å². The number of anilines is 1. The third kappa shape index (κ3) is 4.71. The maximum Gasteiger partial charge on any atom is 0.270 e. The van der Waals surface area contributed by atoms with Gasteiger partial charge in [-0.15, -0.1) is 0 Å². The van der Waals surface area contributed by atoms with Gasteiger partial charge in [-0.3, -0.25) is 14.9 Å². The summed E-state index contributed by atoms with van der Waals surface area (Å²) in [7, 11) is 0. The number of nitro groups is 1. The number of halogens is 1. The standard InChI is InChI=1S/C18H20ClN5O3/c1-12-9-17(23-7-3-2-4-8-23)22-16(21-12)11-20-18(25)14-6-5-13(24(26)27)10-15(14)19/h5-6,9-10H,2-4,7-8,11H2,1H3,(H,20,25). The minimum absolute atomic E-state index is 0.0286. The first-order chi connectivity index (χ1) is 12.9. The first-order valence-electron chi connectivity index (χ1n) is 8.75. The molecular weight excluding hydrogens is 370 g/mol. The van der Waals surface area contributed by atoms with Gasteiger partial charge in [-0.1, -0.05) is 11.6 Å². The molecule has 1 aromatic carbocycles. The van der Waals surface area contributed by atoms with Crippen molar-refractivity contribution < 1.29 is 9.72 Å². The molecule has 1 N–H and O–H groups in total. The van der Waals surface area contributed by atoms with Crippen LogP contribution in [-0.4, -0.2) is 33.9 Å². The number of benzene rings is 1. The van der Waals surface area contributed by atoms with Crippen molar-refractivity contribution >= 4 is 29.0 Å². The van der Waals surface area contributed by atoms with Crippen molar-refractivity contribution in [1.29, 1.82) is 0 Å². The molecule has 3 rings (SSSR count). The van der Waals surface area contributed by atoms with Gasteiger partial charge in [0.1, 0.15) is 11.6 Å². The quantitative estimate of drug-likeness (QED) is 0.622. The molecule has 8 nitrogen and oxygen atoms in total. The molecule has 1 aromatic heterocycles. The van der Waals surface area contributed by atoms with Gasteiger partial charge in [-0.2, -0.15) is 0 Å². The van der Waals surface area contributed by atoms with E-state index < -0.39 is 10.8 Å². The van der Waals surface area contributed by atoms with Crippen LogP contribution in [0, 0.1) is 17.0 Å². The Bertz CT molecular complexity index is 868. The SMILES string of the molecule is Cc1cc(N2CCCCC2)nc(CNC(=O)c2ccc([N+](=O)[O-])cc2Cl)n1. The van der Waals surface area contributed by atoms with Gasteiger partial charge in [0.25, 0.3) is 11.6 Å². The number of aryl methyl sites for hydroxylation is 1. The van der Waals surface area contributed by atoms with Gasteiger partial charge >= 0.3 is 0 Å². The van der Waals surface area contributed by atoms with Crippen molar-refractivity contribution in [2.24, 2.45) is 0 Å². The molecule has 9 heteroatoms. The van der Waals surface area contributed by atoms with E-state index in [0.717, 1.165) is 43.5 Å². The van der Waals surface area contributed by atoms with Crippen molar-refractivity contribution in [3.8, 4) is 0 Å². The van der Waals surface area contributed by atoms with Crippen molar-refractivity contribution in [1.82, 2.24) is 15.3 Å². The van der Waals surface area contributed by atoms with E-state index in [1.807, 2.05) is 13.0 Å². The number of hydrogen-bond donors (Lipinski definition) is 1. The van der Waals surface area contributed by atoms with E-state index in [2.05, 4.69) is 20.2 Å². The van der Waals surface area contributed by atoms with Crippen molar-refractivity contribution in [2.45, 2.75) is 32.7 Å². The van der Waals surface area contributed by atoms with Gasteiger partial charge in [0, 0.05) is 37.0 Å². The maximum absolute atomic E-state index is 12.4. The molecule has 0 unspecified atom stereocenters. The van der Waals surface area contributed by atoms with Crippen molar-refractivity contribution in [2.75, 3.05) is 18.0 Å². The minimum Gasteiger partial charge on any atom is -0.357 e. The topological polar surface area (TPSA) is 101 Å². The summed E-state index contributed by atoms with van der Waals surface area (Å²) in [5, 5.41) is 13.5. The number of non-ortho nitro benzene ring substituents is 1. The summed E-state index contributed by atoms with van der Waals surface area (Å²) in [6, 6.07) is 5.70. The Balaban J connectivity index is 1.70. The first-order valence-corrected chi connectivity index (χ1v) is 9.13. The molecule has 27 heavy (non-hydrogen) atoms. The first kappa shape index (κ1) is 19.0. The number of carbonyl (C=O) groups is 1. The molecule has 1 saturated heterocycles. The van der Waals surface area contributed by atoms with Crippen LogP contribution in [0.15, 0.2) is 24.3 Å². The van der Waals surface area contributed by atoms with Gasteiger partial charge in [0.05, 0.1) is 22.1 Å². The molecule has 142 valence electrons. The highest BCUT2D eigenvalue weighted by atomic mass is 35.5. The number of nitrogens with one attached hydrogen (secondary N) is 1. The molecule has 1 aliphatic heterocycles. The Hall–Kier alpha value is -2.74. The second kappa shape index (κ2) is 8.30. The lowest BCUT2D eigenvalue weighted by Crippen LogP contribution is -2.31. The monoisotopic (exact) mass is 389 g/mol. The van der Waals surface area contributed by atoms with Crippen molar-refractivity contribution in [3.63, 3.8) is 0 Å². The summed E-state index contributed by atoms with van der Waals surface area (Å²) in [5.74, 6) is 0.960. The Labute approximate surface area is 161 Å². The smallest absolute Gasteiger partial charge is 0.270 e. The summed E-state index contributed by atoms with van der Waals surface area (Å²) in [6.07, 6.45) is 3.53. The highest BCUT2D eigenvalue weighted by molar-refractivity contribution is 6.34. The lowest BCUT2D eigenvalue weighted by atomic mass is 10.1. The van der Waals surface area contributed by atoms with Crippen LogP contribution < -0.4 is 10.2 Å². The van der Waals surface area contributed by atoms with Crippen LogP contribution in [0.4, 0.5) is 11.5 Å². The molecular formula is C18H20ClN5O3. The zero-order valence-corrected chi connectivity index (χ0v) is 15.7. The summed E-state index contributed by atoms with van der Waals surface area (Å²) < 4.78 is 0. The Morgan fingerprint density at radius 1 is 1.26 bits per heavy atom. The van der Waals surface area contributed by atoms with Gasteiger partial charge in [-0.25, -0.2) is 9.97 Å². The zero-order chi connectivity index (χ0) is 19.4. The zero-order valence-electron chi connectivity index (χ0n) is 14.9. The fraction of sp³-hybridized carbons (Fsp3) is 0.389. The lowest BCUT2D eigenvalue weighted by Gasteiger charge is -2.28. The highest BCUT2D eigenvalue weighted by Crippen LogP contribution is 2.22. The minimum atomic E-state index is -0.559. The lowest BCUT2D eigenvalue weighted by molar-refractivity contribution is -0.384. The van der Waals surface area contributed by atoms with Crippen LogP contribution in [0.2, 0.25) is 5.02 Å². The van der Waals surface area contributed by atoms with Gasteiger partial charge in [-0.05, 0) is 32.3 Å². The third-order valence-corrected chi connectivity index (χ3v) is 4.69. The normalized spacial score (nSPS) is 14.1. The fourth-order valence-electron chi connectivity index (χ4n) is 3.03. The van der Waals surface area contributed by atoms with E-state index >= 15 is 0 Å². The predicted octanol–water partition coefficient (Wildman–Crippen LogP) is 3.27. The molecule has 2 heterocycles. The molecule has 1 amide bonds. The number of nitrogens with zero attached hydrogens (tertiary/aromatic N) is 4. The van der Waals surface area contributed by atoms with E-state index in [1.165, 1.54) is 18.6 Å². The summed E-state index contributed by atoms with van der Waals surface area (Å²) in [6.45, 7) is 3.99. The van der Waals surface area contributed by atoms with Gasteiger partial charge in [0.15, 0.2) is 0 Å². The maximum atomic E-state index is 12.4. The van der Waals surface area contributed by atoms with E-state index in [9.17, 15) is 14.9 Å². The molecule has 1 fully saturated rings. The number of amides is 1. The van der Waals surface area contributed by atoms with Crippen LogP contribution in [0.25, 0.3) is 0 Å². The van der Waals surface area contributed by atoms with Crippen LogP contribution in [0.1, 0.15) is 41.1 Å². The Morgan fingerprint density at radius 3 is 2.67 bits per heavy atom. The van der Waals surface area contributed by atoms with Crippen LogP contribution in [0.3, 0.4) is 0 Å². The predicted molar refractivity (Wildman–Crippen MR) is 102 cm³/mol. The average Bonchev–Trinajstić information content (AvgIpc) is 2.66. The highest BCUT2D eigenvalue weighted by Gasteiger charge is 2.17. The number of carbonyl (C=O) groups excluding carboxylic acids is 1. The second-order valence-electron chi connectivity index (χ2n) is 6.44. The largest absolute Gasteiger partial charge is 0.357 e. The number of nitro benzene ring substituents is 1. The molecule has 0 aliphatic carbocycles. The second-order valence-corrected chi connectivity index (χ2v) is 6.84. The van der Waals surface area contributed by atoms with Crippen molar-refractivity contribution in [3.05, 3.63) is 56.5 Å². The molecule has 0 radical (unpaired) electrons. The van der Waals surface area contributed by atoms with Gasteiger partial charge in [0.2, 0.25) is 0 Å². The molecule has 0 atom stereocenters. The molecule has 0 saturated carbocycles. The number of aromatic nitrogens is 2. The van der Waals surface area contributed by atoms with Gasteiger partial charge < -0.3 is 10.2 Å². The average molecular weight is 390 g/mol. The number of rotatable bonds is 5. The van der Waals surface area contributed by atoms with Crippen LogP contribution in [0.5, 0.6) is 0 Å². The van der Waals surface area contributed by atoms with Crippen LogP contribution >= 0.6 is 11.6 Å². The summed E-state index contributed by atoms with van der Waals surface area (Å²) in [4.78, 5) is 33.7. The Kier molecular flexibility index (Phi) is 5.85.